The molecule has 4 nitrogen and oxygen atoms in total. The van der Waals surface area contributed by atoms with E-state index in [0.717, 1.165) is 18.9 Å². The van der Waals surface area contributed by atoms with Gasteiger partial charge in [0.05, 0.1) is 12.2 Å². The molecule has 1 aromatic rings. The Kier molecular flexibility index (Phi) is 8.48. The molecule has 5 heteroatoms. The molecule has 124 valence electrons. The Morgan fingerprint density at radius 1 is 1.32 bits per heavy atom. The Morgan fingerprint density at radius 3 is 2.73 bits per heavy atom. The second kappa shape index (κ2) is 10.1. The zero-order chi connectivity index (χ0) is 16.4. The highest BCUT2D eigenvalue weighted by Crippen LogP contribution is 2.08. The standard InChI is InChI=1S/C17H29FN4/c1-5-19-17(22-14(4)9-6-8-13(2)3)21-12-16-15(18)10-7-11-20-16/h7,10-11,13-14H,5-6,8-9,12H2,1-4H3,(H2,19,21,22). The molecule has 1 aromatic heterocycles. The van der Waals surface area contributed by atoms with Crippen LogP contribution in [0.15, 0.2) is 23.3 Å². The third kappa shape index (κ3) is 7.38. The number of hydrogen-bond donors (Lipinski definition) is 2. The van der Waals surface area contributed by atoms with E-state index >= 15 is 0 Å². The van der Waals surface area contributed by atoms with Gasteiger partial charge in [-0.2, -0.15) is 0 Å². The van der Waals surface area contributed by atoms with E-state index in [2.05, 4.69) is 41.4 Å². The summed E-state index contributed by atoms with van der Waals surface area (Å²) in [6.45, 7) is 9.66. The molecule has 0 fully saturated rings. The molecule has 0 saturated heterocycles. The fraction of sp³-hybridized carbons (Fsp3) is 0.647. The summed E-state index contributed by atoms with van der Waals surface area (Å²) >= 11 is 0. The van der Waals surface area contributed by atoms with Crippen LogP contribution >= 0.6 is 0 Å². The monoisotopic (exact) mass is 308 g/mol. The number of guanidine groups is 1. The molecule has 1 atom stereocenters. The SMILES string of the molecule is CCNC(=NCc1ncccc1F)NC(C)CCCC(C)C. The van der Waals surface area contributed by atoms with Crippen molar-refractivity contribution in [3.63, 3.8) is 0 Å². The van der Waals surface area contributed by atoms with Crippen LogP contribution in [-0.2, 0) is 6.54 Å². The zero-order valence-corrected chi connectivity index (χ0v) is 14.2. The lowest BCUT2D eigenvalue weighted by Crippen LogP contribution is -2.42. The van der Waals surface area contributed by atoms with Crippen LogP contribution in [0.4, 0.5) is 4.39 Å². The molecule has 0 saturated carbocycles. The minimum absolute atomic E-state index is 0.237. The molecule has 0 aliphatic rings. The third-order valence-corrected chi connectivity index (χ3v) is 3.37. The predicted octanol–water partition coefficient (Wildman–Crippen LogP) is 3.49. The van der Waals surface area contributed by atoms with Crippen molar-refractivity contribution in [3.8, 4) is 0 Å². The van der Waals surface area contributed by atoms with E-state index in [1.807, 2.05) is 6.92 Å². The number of hydrogen-bond acceptors (Lipinski definition) is 2. The molecule has 1 heterocycles. The second-order valence-electron chi connectivity index (χ2n) is 6.00. The maximum absolute atomic E-state index is 13.6. The van der Waals surface area contributed by atoms with Crippen molar-refractivity contribution in [3.05, 3.63) is 29.8 Å². The van der Waals surface area contributed by atoms with Gasteiger partial charge in [-0.1, -0.05) is 26.7 Å². The maximum Gasteiger partial charge on any atom is 0.191 e. The first-order chi connectivity index (χ1) is 10.5. The van der Waals surface area contributed by atoms with Crippen LogP contribution in [0.2, 0.25) is 0 Å². The summed E-state index contributed by atoms with van der Waals surface area (Å²) in [5, 5.41) is 6.56. The predicted molar refractivity (Wildman–Crippen MR) is 90.3 cm³/mol. The number of aliphatic imine (C=N–C) groups is 1. The van der Waals surface area contributed by atoms with Crippen molar-refractivity contribution in [2.24, 2.45) is 10.9 Å². The minimum atomic E-state index is -0.313. The molecule has 0 aromatic carbocycles. The van der Waals surface area contributed by atoms with Gasteiger partial charge in [0, 0.05) is 18.8 Å². The van der Waals surface area contributed by atoms with E-state index in [9.17, 15) is 4.39 Å². The average Bonchev–Trinajstić information content (AvgIpc) is 2.46. The highest BCUT2D eigenvalue weighted by Gasteiger charge is 2.07. The summed E-state index contributed by atoms with van der Waals surface area (Å²) in [6.07, 6.45) is 5.11. The quantitative estimate of drug-likeness (QED) is 0.571. The van der Waals surface area contributed by atoms with Gasteiger partial charge in [-0.25, -0.2) is 9.38 Å². The van der Waals surface area contributed by atoms with E-state index in [-0.39, 0.29) is 12.4 Å². The van der Waals surface area contributed by atoms with Gasteiger partial charge in [0.15, 0.2) is 5.96 Å². The number of rotatable bonds is 8. The number of nitrogens with zero attached hydrogens (tertiary/aromatic N) is 2. The Hall–Kier alpha value is -1.65. The summed E-state index contributed by atoms with van der Waals surface area (Å²) in [4.78, 5) is 8.44. The van der Waals surface area contributed by atoms with Crippen LogP contribution in [0.25, 0.3) is 0 Å². The molecule has 1 rings (SSSR count). The van der Waals surface area contributed by atoms with Crippen molar-refractivity contribution >= 4 is 5.96 Å². The van der Waals surface area contributed by atoms with Gasteiger partial charge >= 0.3 is 0 Å². The lowest BCUT2D eigenvalue weighted by atomic mass is 10.0. The molecule has 1 unspecified atom stereocenters. The molecule has 22 heavy (non-hydrogen) atoms. The van der Waals surface area contributed by atoms with E-state index in [0.29, 0.717) is 17.7 Å². The molecule has 0 aliphatic heterocycles. The van der Waals surface area contributed by atoms with Crippen LogP contribution < -0.4 is 10.6 Å². The van der Waals surface area contributed by atoms with Gasteiger partial charge in [0.1, 0.15) is 5.82 Å². The molecule has 2 N–H and O–H groups in total. The second-order valence-corrected chi connectivity index (χ2v) is 6.00. The van der Waals surface area contributed by atoms with E-state index in [1.54, 1.807) is 12.3 Å². The number of nitrogens with one attached hydrogen (secondary N) is 2. The molecule has 0 spiro atoms. The van der Waals surface area contributed by atoms with Crippen molar-refractivity contribution < 1.29 is 4.39 Å². The fourth-order valence-corrected chi connectivity index (χ4v) is 2.15. The van der Waals surface area contributed by atoms with Crippen LogP contribution in [0.3, 0.4) is 0 Å². The first-order valence-electron chi connectivity index (χ1n) is 8.17. The molecule has 0 amide bonds. The summed E-state index contributed by atoms with van der Waals surface area (Å²) in [6, 6.07) is 3.33. The Bertz CT molecular complexity index is 460. The number of halogens is 1. The van der Waals surface area contributed by atoms with Gasteiger partial charge in [-0.15, -0.1) is 0 Å². The number of pyridine rings is 1. The zero-order valence-electron chi connectivity index (χ0n) is 14.2. The van der Waals surface area contributed by atoms with Gasteiger partial charge < -0.3 is 10.6 Å². The normalized spacial score (nSPS) is 13.3. The van der Waals surface area contributed by atoms with E-state index in [4.69, 9.17) is 0 Å². The summed E-state index contributed by atoms with van der Waals surface area (Å²) in [7, 11) is 0. The lowest BCUT2D eigenvalue weighted by Gasteiger charge is -2.18. The highest BCUT2D eigenvalue weighted by molar-refractivity contribution is 5.80. The molecular formula is C17H29FN4. The van der Waals surface area contributed by atoms with Gasteiger partial charge in [0.2, 0.25) is 0 Å². The van der Waals surface area contributed by atoms with Crippen molar-refractivity contribution in [2.45, 2.75) is 59.5 Å². The molecule has 0 aliphatic carbocycles. The van der Waals surface area contributed by atoms with Crippen molar-refractivity contribution in [1.29, 1.82) is 0 Å². The molecular weight excluding hydrogens is 279 g/mol. The smallest absolute Gasteiger partial charge is 0.191 e. The third-order valence-electron chi connectivity index (χ3n) is 3.37. The van der Waals surface area contributed by atoms with Gasteiger partial charge in [0.25, 0.3) is 0 Å². The van der Waals surface area contributed by atoms with Crippen LogP contribution in [-0.4, -0.2) is 23.5 Å². The molecule has 0 radical (unpaired) electrons. The van der Waals surface area contributed by atoms with Gasteiger partial charge in [-0.3, -0.25) is 4.98 Å². The largest absolute Gasteiger partial charge is 0.357 e. The Morgan fingerprint density at radius 2 is 2.09 bits per heavy atom. The van der Waals surface area contributed by atoms with Crippen LogP contribution in [0, 0.1) is 11.7 Å². The average molecular weight is 308 g/mol. The minimum Gasteiger partial charge on any atom is -0.357 e. The van der Waals surface area contributed by atoms with Gasteiger partial charge in [-0.05, 0) is 38.3 Å². The fourth-order valence-electron chi connectivity index (χ4n) is 2.15. The van der Waals surface area contributed by atoms with Crippen LogP contribution in [0.1, 0.15) is 52.7 Å². The first kappa shape index (κ1) is 18.4. The maximum atomic E-state index is 13.6. The van der Waals surface area contributed by atoms with Crippen molar-refractivity contribution in [1.82, 2.24) is 15.6 Å². The summed E-state index contributed by atoms with van der Waals surface area (Å²) in [5.74, 6) is 1.14. The topological polar surface area (TPSA) is 49.3 Å². The Balaban J connectivity index is 2.53. The Labute approximate surface area is 133 Å². The molecule has 0 bridgehead atoms. The summed E-state index contributed by atoms with van der Waals surface area (Å²) in [5.41, 5.74) is 0.368. The highest BCUT2D eigenvalue weighted by atomic mass is 19.1. The number of aromatic nitrogens is 1. The van der Waals surface area contributed by atoms with Crippen LogP contribution in [0.5, 0.6) is 0 Å². The van der Waals surface area contributed by atoms with Crippen molar-refractivity contribution in [2.75, 3.05) is 6.54 Å². The summed E-state index contributed by atoms with van der Waals surface area (Å²) < 4.78 is 13.6. The lowest BCUT2D eigenvalue weighted by molar-refractivity contribution is 0.491. The first-order valence-corrected chi connectivity index (χ1v) is 8.17. The van der Waals surface area contributed by atoms with E-state index < -0.39 is 0 Å². The van der Waals surface area contributed by atoms with E-state index in [1.165, 1.54) is 18.9 Å².